The third kappa shape index (κ3) is 4.57. The highest BCUT2D eigenvalue weighted by Gasteiger charge is 2.32. The number of aromatic nitrogens is 1. The maximum Gasteiger partial charge on any atom is 0.433 e. The molecule has 1 aromatic heterocycles. The van der Waals surface area contributed by atoms with Crippen LogP contribution in [0.4, 0.5) is 24.5 Å². The van der Waals surface area contributed by atoms with E-state index in [1.54, 1.807) is 6.07 Å². The van der Waals surface area contributed by atoms with E-state index in [0.717, 1.165) is 56.7 Å². The van der Waals surface area contributed by atoms with Gasteiger partial charge in [0.2, 0.25) is 0 Å². The summed E-state index contributed by atoms with van der Waals surface area (Å²) in [6.07, 6.45) is -3.58. The van der Waals surface area contributed by atoms with Gasteiger partial charge in [-0.05, 0) is 30.8 Å². The van der Waals surface area contributed by atoms with Gasteiger partial charge in [0.05, 0.1) is 16.9 Å². The molecule has 0 aliphatic carbocycles. The highest BCUT2D eigenvalue weighted by atomic mass is 19.4. The highest BCUT2D eigenvalue weighted by Crippen LogP contribution is 2.29. The lowest BCUT2D eigenvalue weighted by Gasteiger charge is -2.36. The molecular weight excluding hydrogens is 357 g/mol. The van der Waals surface area contributed by atoms with E-state index in [0.29, 0.717) is 5.69 Å². The molecule has 3 rings (SSSR count). The summed E-state index contributed by atoms with van der Waals surface area (Å²) >= 11 is 0. The number of amides is 1. The number of hydrogen-bond donors (Lipinski definition) is 1. The van der Waals surface area contributed by atoms with Gasteiger partial charge in [0, 0.05) is 32.4 Å². The Hall–Kier alpha value is -2.61. The van der Waals surface area contributed by atoms with Crippen LogP contribution in [0.2, 0.25) is 0 Å². The Morgan fingerprint density at radius 3 is 2.41 bits per heavy atom. The minimum Gasteiger partial charge on any atom is -0.367 e. The number of carbonyl (C=O) groups excluding carboxylic acids is 1. The Morgan fingerprint density at radius 2 is 1.81 bits per heavy atom. The predicted molar refractivity (Wildman–Crippen MR) is 98.0 cm³/mol. The minimum atomic E-state index is -4.53. The largest absolute Gasteiger partial charge is 0.433 e. The summed E-state index contributed by atoms with van der Waals surface area (Å²) in [7, 11) is 0. The first-order valence-electron chi connectivity index (χ1n) is 8.79. The van der Waals surface area contributed by atoms with Gasteiger partial charge in [-0.25, -0.2) is 0 Å². The Kier molecular flexibility index (Phi) is 5.65. The van der Waals surface area contributed by atoms with Crippen molar-refractivity contribution in [1.29, 1.82) is 0 Å². The van der Waals surface area contributed by atoms with Crippen LogP contribution in [0.15, 0.2) is 42.6 Å². The quantitative estimate of drug-likeness (QED) is 0.885. The lowest BCUT2D eigenvalue weighted by atomic mass is 10.2. The molecule has 1 N–H and O–H groups in total. The van der Waals surface area contributed by atoms with Crippen LogP contribution >= 0.6 is 0 Å². The van der Waals surface area contributed by atoms with Gasteiger partial charge < -0.3 is 15.1 Å². The molecule has 0 unspecified atom stereocenters. The zero-order valence-electron chi connectivity index (χ0n) is 15.0. The molecule has 0 radical (unpaired) electrons. The predicted octanol–water partition coefficient (Wildman–Crippen LogP) is 3.49. The van der Waals surface area contributed by atoms with E-state index >= 15 is 0 Å². The fraction of sp³-hybridized carbons (Fsp3) is 0.368. The number of piperazine rings is 1. The van der Waals surface area contributed by atoms with Crippen molar-refractivity contribution in [1.82, 2.24) is 9.88 Å². The Labute approximate surface area is 155 Å². The fourth-order valence-corrected chi connectivity index (χ4v) is 3.05. The number of para-hydroxylation sites is 2. The molecule has 1 fully saturated rings. The fourth-order valence-electron chi connectivity index (χ4n) is 3.05. The summed E-state index contributed by atoms with van der Waals surface area (Å²) in [6.45, 7) is 6.73. The van der Waals surface area contributed by atoms with E-state index < -0.39 is 17.8 Å². The molecule has 1 saturated heterocycles. The normalized spacial score (nSPS) is 15.6. The molecule has 1 amide bonds. The van der Waals surface area contributed by atoms with Gasteiger partial charge in [0.1, 0.15) is 5.69 Å². The SMILES string of the molecule is CCN1CCN(c2ccccc2NC(=O)c2ccc(C(F)(F)F)nc2)CC1. The molecule has 0 bridgehead atoms. The van der Waals surface area contributed by atoms with Crippen molar-refractivity contribution in [3.63, 3.8) is 0 Å². The van der Waals surface area contributed by atoms with Gasteiger partial charge in [-0.2, -0.15) is 13.2 Å². The van der Waals surface area contributed by atoms with Gasteiger partial charge in [0.15, 0.2) is 0 Å². The molecule has 144 valence electrons. The Morgan fingerprint density at radius 1 is 1.11 bits per heavy atom. The molecule has 0 spiro atoms. The van der Waals surface area contributed by atoms with Crippen molar-refractivity contribution in [2.75, 3.05) is 42.9 Å². The van der Waals surface area contributed by atoms with E-state index in [1.165, 1.54) is 0 Å². The van der Waals surface area contributed by atoms with E-state index in [2.05, 4.69) is 27.0 Å². The van der Waals surface area contributed by atoms with Crippen LogP contribution in [0.25, 0.3) is 0 Å². The van der Waals surface area contributed by atoms with Gasteiger partial charge in [-0.15, -0.1) is 0 Å². The molecular formula is C19H21F3N4O. The van der Waals surface area contributed by atoms with E-state index in [-0.39, 0.29) is 5.56 Å². The van der Waals surface area contributed by atoms with Gasteiger partial charge >= 0.3 is 6.18 Å². The first kappa shape index (κ1) is 19.2. The third-order valence-electron chi connectivity index (χ3n) is 4.63. The molecule has 27 heavy (non-hydrogen) atoms. The molecule has 5 nitrogen and oxygen atoms in total. The molecule has 8 heteroatoms. The summed E-state index contributed by atoms with van der Waals surface area (Å²) in [5.41, 5.74) is 0.593. The number of benzene rings is 1. The number of rotatable bonds is 4. The van der Waals surface area contributed by atoms with Crippen molar-refractivity contribution >= 4 is 17.3 Å². The lowest BCUT2D eigenvalue weighted by Crippen LogP contribution is -2.46. The monoisotopic (exact) mass is 378 g/mol. The maximum atomic E-state index is 12.6. The molecule has 1 aromatic carbocycles. The van der Waals surface area contributed by atoms with Crippen LogP contribution in [0.1, 0.15) is 23.0 Å². The number of anilines is 2. The van der Waals surface area contributed by atoms with Crippen LogP contribution in [0.5, 0.6) is 0 Å². The highest BCUT2D eigenvalue weighted by molar-refractivity contribution is 6.05. The number of hydrogen-bond acceptors (Lipinski definition) is 4. The summed E-state index contributed by atoms with van der Waals surface area (Å²) in [4.78, 5) is 20.3. The zero-order valence-corrected chi connectivity index (χ0v) is 15.0. The Balaban J connectivity index is 1.73. The molecule has 2 heterocycles. The molecule has 0 saturated carbocycles. The zero-order chi connectivity index (χ0) is 19.4. The first-order valence-corrected chi connectivity index (χ1v) is 8.79. The molecule has 2 aromatic rings. The van der Waals surface area contributed by atoms with Crippen molar-refractivity contribution in [2.45, 2.75) is 13.1 Å². The van der Waals surface area contributed by atoms with Crippen LogP contribution in [-0.2, 0) is 6.18 Å². The van der Waals surface area contributed by atoms with Crippen molar-refractivity contribution in [3.8, 4) is 0 Å². The maximum absolute atomic E-state index is 12.6. The summed E-state index contributed by atoms with van der Waals surface area (Å²) in [6, 6.07) is 9.38. The number of alkyl halides is 3. The first-order chi connectivity index (χ1) is 12.9. The number of nitrogens with one attached hydrogen (secondary N) is 1. The van der Waals surface area contributed by atoms with E-state index in [1.807, 2.05) is 18.2 Å². The average Bonchev–Trinajstić information content (AvgIpc) is 2.68. The summed E-state index contributed by atoms with van der Waals surface area (Å²) in [5.74, 6) is -0.490. The smallest absolute Gasteiger partial charge is 0.367 e. The second kappa shape index (κ2) is 7.96. The van der Waals surface area contributed by atoms with E-state index in [4.69, 9.17) is 0 Å². The Bertz CT molecular complexity index is 784. The van der Waals surface area contributed by atoms with Crippen LogP contribution in [-0.4, -0.2) is 48.5 Å². The summed E-state index contributed by atoms with van der Waals surface area (Å²) < 4.78 is 37.8. The standard InChI is InChI=1S/C19H21F3N4O/c1-2-25-9-11-26(12-10-25)16-6-4-3-5-15(16)24-18(27)14-7-8-17(23-13-14)19(20,21)22/h3-8,13H,2,9-12H2,1H3,(H,24,27). The second-order valence-electron chi connectivity index (χ2n) is 6.32. The minimum absolute atomic E-state index is 0.0774. The van der Waals surface area contributed by atoms with Gasteiger partial charge in [-0.3, -0.25) is 9.78 Å². The summed E-state index contributed by atoms with van der Waals surface area (Å²) in [5, 5.41) is 2.79. The number of pyridine rings is 1. The third-order valence-corrected chi connectivity index (χ3v) is 4.63. The average molecular weight is 378 g/mol. The van der Waals surface area contributed by atoms with Crippen molar-refractivity contribution in [3.05, 3.63) is 53.9 Å². The van der Waals surface area contributed by atoms with Crippen LogP contribution in [0, 0.1) is 0 Å². The molecule has 1 aliphatic heterocycles. The lowest BCUT2D eigenvalue weighted by molar-refractivity contribution is -0.141. The van der Waals surface area contributed by atoms with Crippen LogP contribution < -0.4 is 10.2 Å². The number of likely N-dealkylation sites (N-methyl/N-ethyl adjacent to an activating group) is 1. The van der Waals surface area contributed by atoms with Crippen molar-refractivity contribution < 1.29 is 18.0 Å². The second-order valence-corrected chi connectivity index (χ2v) is 6.32. The molecule has 1 aliphatic rings. The number of halogens is 3. The van der Waals surface area contributed by atoms with Gasteiger partial charge in [-0.1, -0.05) is 19.1 Å². The number of nitrogens with zero attached hydrogens (tertiary/aromatic N) is 3. The topological polar surface area (TPSA) is 48.5 Å². The van der Waals surface area contributed by atoms with E-state index in [9.17, 15) is 18.0 Å². The van der Waals surface area contributed by atoms with Crippen LogP contribution in [0.3, 0.4) is 0 Å². The van der Waals surface area contributed by atoms with Gasteiger partial charge in [0.25, 0.3) is 5.91 Å². The molecule has 0 atom stereocenters. The number of carbonyl (C=O) groups is 1. The van der Waals surface area contributed by atoms with Crippen molar-refractivity contribution in [2.24, 2.45) is 0 Å².